The lowest BCUT2D eigenvalue weighted by Crippen LogP contribution is -2.30. The van der Waals surface area contributed by atoms with Gasteiger partial charge < -0.3 is 5.11 Å². The van der Waals surface area contributed by atoms with Crippen LogP contribution < -0.4 is 5.69 Å². The van der Waals surface area contributed by atoms with Gasteiger partial charge in [-0.05, 0) is 35.1 Å². The predicted octanol–water partition coefficient (Wildman–Crippen LogP) is 4.05. The third kappa shape index (κ3) is 5.03. The minimum absolute atomic E-state index is 0.203. The van der Waals surface area contributed by atoms with Crippen LogP contribution in [0.5, 0.6) is 0 Å². The molecular weight excluding hydrogens is 406 g/mol. The maximum Gasteiger partial charge on any atom is 0.354 e. The number of carboxylic acid groups (broad SMARTS) is 1. The average molecular weight is 431 g/mol. The van der Waals surface area contributed by atoms with Gasteiger partial charge in [0.1, 0.15) is 0 Å². The molecule has 0 aliphatic carbocycles. The molecule has 0 unspecified atom stereocenters. The van der Waals surface area contributed by atoms with Gasteiger partial charge in [-0.1, -0.05) is 68.7 Å². The lowest BCUT2D eigenvalue weighted by Gasteiger charge is -2.08. The Morgan fingerprint density at radius 2 is 1.78 bits per heavy atom. The van der Waals surface area contributed by atoms with Crippen molar-refractivity contribution in [1.82, 2.24) is 14.3 Å². The summed E-state index contributed by atoms with van der Waals surface area (Å²) in [7, 11) is 0. The van der Waals surface area contributed by atoms with Crippen molar-refractivity contribution in [3.63, 3.8) is 0 Å². The molecule has 32 heavy (non-hydrogen) atoms. The van der Waals surface area contributed by atoms with E-state index >= 15 is 0 Å². The number of aromatic nitrogens is 3. The number of nitrogens with zero attached hydrogens (tertiary/aromatic N) is 3. The van der Waals surface area contributed by atoms with E-state index < -0.39 is 11.7 Å². The fourth-order valence-corrected chi connectivity index (χ4v) is 3.29. The van der Waals surface area contributed by atoms with Crippen molar-refractivity contribution in [1.29, 1.82) is 0 Å². The number of benzene rings is 2. The second-order valence-electron chi connectivity index (χ2n) is 7.30. The molecule has 0 aliphatic rings. The van der Waals surface area contributed by atoms with Crippen LogP contribution in [0.4, 0.5) is 0 Å². The van der Waals surface area contributed by atoms with Crippen molar-refractivity contribution in [3.05, 3.63) is 76.0 Å². The minimum atomic E-state index is -0.990. The number of carbonyl (C=O) groups excluding carboxylic acids is 1. The fourth-order valence-electron chi connectivity index (χ4n) is 3.29. The second kappa shape index (κ2) is 10.4. The summed E-state index contributed by atoms with van der Waals surface area (Å²) in [6, 6.07) is 14.1. The number of hydrogen-bond acceptors (Lipinski definition) is 4. The summed E-state index contributed by atoms with van der Waals surface area (Å²) >= 11 is 0. The van der Waals surface area contributed by atoms with Gasteiger partial charge in [0.15, 0.2) is 0 Å². The van der Waals surface area contributed by atoms with Gasteiger partial charge in [0.05, 0.1) is 12.1 Å². The van der Waals surface area contributed by atoms with E-state index in [0.717, 1.165) is 22.2 Å². The highest BCUT2D eigenvalue weighted by Gasteiger charge is 2.17. The van der Waals surface area contributed by atoms with E-state index in [1.54, 1.807) is 24.3 Å². The summed E-state index contributed by atoms with van der Waals surface area (Å²) in [5.74, 6) is 4.71. The van der Waals surface area contributed by atoms with Crippen molar-refractivity contribution in [2.24, 2.45) is 0 Å². The molecule has 0 bridgehead atoms. The van der Waals surface area contributed by atoms with Crippen LogP contribution >= 0.6 is 0 Å². The SMILES string of the molecule is CCC#Cc1nn(C(=O)CCCC)c(=O)n1Cc1ccc(-c2ccccc2C(=O)O)cc1. The summed E-state index contributed by atoms with van der Waals surface area (Å²) in [4.78, 5) is 36.8. The van der Waals surface area contributed by atoms with Gasteiger partial charge >= 0.3 is 11.7 Å². The summed E-state index contributed by atoms with van der Waals surface area (Å²) in [5.41, 5.74) is 1.90. The first-order valence-electron chi connectivity index (χ1n) is 10.6. The molecule has 0 amide bonds. The third-order valence-corrected chi connectivity index (χ3v) is 4.98. The third-order valence-electron chi connectivity index (χ3n) is 4.98. The molecule has 164 valence electrons. The van der Waals surface area contributed by atoms with E-state index in [-0.39, 0.29) is 30.3 Å². The Kier molecular flexibility index (Phi) is 7.40. The van der Waals surface area contributed by atoms with E-state index in [0.29, 0.717) is 18.4 Å². The molecule has 2 aromatic carbocycles. The average Bonchev–Trinajstić information content (AvgIpc) is 3.11. The molecule has 7 heteroatoms. The molecule has 1 heterocycles. The molecular formula is C25H25N3O4. The standard InChI is InChI=1S/C25H25N3O4/c1-3-5-11-22-26-28(23(29)12-6-4-2)25(32)27(22)17-18-13-15-19(16-14-18)20-9-7-8-10-21(20)24(30)31/h7-10,13-16H,3-4,6,12,17H2,1-2H3,(H,30,31). The Hall–Kier alpha value is -3.92. The zero-order valence-electron chi connectivity index (χ0n) is 18.2. The Morgan fingerprint density at radius 3 is 2.44 bits per heavy atom. The minimum Gasteiger partial charge on any atom is -0.478 e. The van der Waals surface area contributed by atoms with Gasteiger partial charge in [0.2, 0.25) is 5.82 Å². The van der Waals surface area contributed by atoms with Crippen LogP contribution in [0, 0.1) is 11.8 Å². The summed E-state index contributed by atoms with van der Waals surface area (Å²) < 4.78 is 2.31. The summed E-state index contributed by atoms with van der Waals surface area (Å²) in [6.45, 7) is 4.08. The first-order chi connectivity index (χ1) is 15.5. The molecule has 0 atom stereocenters. The first-order valence-corrected chi connectivity index (χ1v) is 10.6. The quantitative estimate of drug-likeness (QED) is 0.570. The Balaban J connectivity index is 1.93. The number of carboxylic acids is 1. The fraction of sp³-hybridized carbons (Fsp3) is 0.280. The monoisotopic (exact) mass is 431 g/mol. The van der Waals surface area contributed by atoms with Gasteiger partial charge in [0, 0.05) is 12.8 Å². The van der Waals surface area contributed by atoms with Crippen molar-refractivity contribution < 1.29 is 14.7 Å². The molecule has 0 fully saturated rings. The molecule has 0 saturated carbocycles. The van der Waals surface area contributed by atoms with Gasteiger partial charge in [-0.3, -0.25) is 9.36 Å². The normalized spacial score (nSPS) is 10.4. The van der Waals surface area contributed by atoms with E-state index in [1.807, 2.05) is 38.1 Å². The maximum atomic E-state index is 12.9. The van der Waals surface area contributed by atoms with Gasteiger partial charge in [0.25, 0.3) is 5.91 Å². The number of carbonyl (C=O) groups is 2. The molecule has 0 aliphatic heterocycles. The lowest BCUT2D eigenvalue weighted by atomic mass is 9.99. The largest absolute Gasteiger partial charge is 0.478 e. The van der Waals surface area contributed by atoms with E-state index in [1.165, 1.54) is 4.57 Å². The zero-order chi connectivity index (χ0) is 23.1. The number of rotatable bonds is 7. The molecule has 0 spiro atoms. The van der Waals surface area contributed by atoms with Crippen LogP contribution in [-0.2, 0) is 6.54 Å². The molecule has 0 saturated heterocycles. The van der Waals surface area contributed by atoms with E-state index in [2.05, 4.69) is 16.9 Å². The predicted molar refractivity (Wildman–Crippen MR) is 122 cm³/mol. The molecule has 7 nitrogen and oxygen atoms in total. The van der Waals surface area contributed by atoms with Crippen molar-refractivity contribution in [2.45, 2.75) is 46.1 Å². The Morgan fingerprint density at radius 1 is 1.06 bits per heavy atom. The van der Waals surface area contributed by atoms with Crippen LogP contribution in [0.3, 0.4) is 0 Å². The van der Waals surface area contributed by atoms with Crippen LogP contribution in [0.2, 0.25) is 0 Å². The second-order valence-corrected chi connectivity index (χ2v) is 7.30. The Labute approximate surface area is 186 Å². The van der Waals surface area contributed by atoms with Crippen molar-refractivity contribution >= 4 is 11.9 Å². The topological polar surface area (TPSA) is 94.2 Å². The lowest BCUT2D eigenvalue weighted by molar-refractivity contribution is 0.0697. The molecule has 3 rings (SSSR count). The number of hydrogen-bond donors (Lipinski definition) is 1. The molecule has 3 aromatic rings. The first kappa shape index (κ1) is 22.8. The molecule has 1 aromatic heterocycles. The van der Waals surface area contributed by atoms with Crippen molar-refractivity contribution in [2.75, 3.05) is 0 Å². The van der Waals surface area contributed by atoms with Crippen LogP contribution in [-0.4, -0.2) is 31.3 Å². The zero-order valence-corrected chi connectivity index (χ0v) is 18.2. The number of aromatic carboxylic acids is 1. The van der Waals surface area contributed by atoms with Gasteiger partial charge in [-0.15, -0.1) is 9.78 Å². The summed E-state index contributed by atoms with van der Waals surface area (Å²) in [6.07, 6.45) is 2.39. The smallest absolute Gasteiger partial charge is 0.354 e. The molecule has 1 N–H and O–H groups in total. The van der Waals surface area contributed by atoms with Crippen molar-refractivity contribution in [3.8, 4) is 23.0 Å². The Bertz CT molecular complexity index is 1240. The highest BCUT2D eigenvalue weighted by atomic mass is 16.4. The van der Waals surface area contributed by atoms with Crippen LogP contribution in [0.25, 0.3) is 11.1 Å². The van der Waals surface area contributed by atoms with Gasteiger partial charge in [-0.25, -0.2) is 9.59 Å². The van der Waals surface area contributed by atoms with Gasteiger partial charge in [-0.2, -0.15) is 0 Å². The molecule has 0 radical (unpaired) electrons. The number of unbranched alkanes of at least 4 members (excludes halogenated alkanes) is 1. The maximum absolute atomic E-state index is 12.9. The van der Waals surface area contributed by atoms with E-state index in [9.17, 15) is 19.5 Å². The summed E-state index contributed by atoms with van der Waals surface area (Å²) in [5, 5.41) is 13.6. The van der Waals surface area contributed by atoms with E-state index in [4.69, 9.17) is 0 Å². The van der Waals surface area contributed by atoms with Crippen LogP contribution in [0.1, 0.15) is 66.1 Å². The highest BCUT2D eigenvalue weighted by Crippen LogP contribution is 2.24. The highest BCUT2D eigenvalue weighted by molar-refractivity contribution is 5.96. The van der Waals surface area contributed by atoms with Crippen LogP contribution in [0.15, 0.2) is 53.3 Å².